The van der Waals surface area contributed by atoms with Crippen molar-refractivity contribution >= 4 is 0 Å². The lowest BCUT2D eigenvalue weighted by atomic mass is 10.2. The van der Waals surface area contributed by atoms with Crippen LogP contribution in [0.25, 0.3) is 0 Å². The highest BCUT2D eigenvalue weighted by molar-refractivity contribution is 5.04. The van der Waals surface area contributed by atoms with Gasteiger partial charge in [-0.15, -0.1) is 6.42 Å². The summed E-state index contributed by atoms with van der Waals surface area (Å²) in [5, 5.41) is 3.24. The van der Waals surface area contributed by atoms with Crippen molar-refractivity contribution in [3.8, 4) is 12.3 Å². The van der Waals surface area contributed by atoms with Gasteiger partial charge in [0.2, 0.25) is 0 Å². The fourth-order valence-electron chi connectivity index (χ4n) is 1.15. The van der Waals surface area contributed by atoms with Crippen LogP contribution in [0.2, 0.25) is 0 Å². The smallest absolute Gasteiger partial charge is 0.125 e. The van der Waals surface area contributed by atoms with Crippen LogP contribution in [-0.2, 0) is 6.54 Å². The van der Waals surface area contributed by atoms with Crippen molar-refractivity contribution in [1.29, 1.82) is 0 Å². The minimum absolute atomic E-state index is 0.130. The molecule has 1 aromatic heterocycles. The molecule has 3 nitrogen and oxygen atoms in total. The molecule has 1 aromatic rings. The molecule has 1 heterocycles. The highest BCUT2D eigenvalue weighted by Crippen LogP contribution is 1.96. The van der Waals surface area contributed by atoms with E-state index in [2.05, 4.69) is 28.1 Å². The molecule has 1 atom stereocenters. The van der Waals surface area contributed by atoms with E-state index in [9.17, 15) is 0 Å². The summed E-state index contributed by atoms with van der Waals surface area (Å²) in [6, 6.07) is 2.02. The summed E-state index contributed by atoms with van der Waals surface area (Å²) in [4.78, 5) is 8.30. The topological polar surface area (TPSA) is 37.8 Å². The molecule has 0 spiro atoms. The SMILES string of the molecule is C#CC(CC)NCc1ccnc(C)n1. The van der Waals surface area contributed by atoms with Crippen molar-refractivity contribution in [3.63, 3.8) is 0 Å². The molecule has 0 aliphatic carbocycles. The Morgan fingerprint density at radius 1 is 1.64 bits per heavy atom. The van der Waals surface area contributed by atoms with E-state index in [1.54, 1.807) is 6.20 Å². The summed E-state index contributed by atoms with van der Waals surface area (Å²) in [6.45, 7) is 4.64. The number of rotatable bonds is 4. The van der Waals surface area contributed by atoms with Crippen molar-refractivity contribution in [1.82, 2.24) is 15.3 Å². The normalized spacial score (nSPS) is 12.1. The van der Waals surface area contributed by atoms with Gasteiger partial charge in [0.05, 0.1) is 11.7 Å². The van der Waals surface area contributed by atoms with E-state index in [1.165, 1.54) is 0 Å². The molecule has 0 bridgehead atoms. The van der Waals surface area contributed by atoms with Crippen LogP contribution in [0.4, 0.5) is 0 Å². The third-order valence-corrected chi connectivity index (χ3v) is 1.97. The van der Waals surface area contributed by atoms with Gasteiger partial charge in [-0.25, -0.2) is 9.97 Å². The predicted octanol–water partition coefficient (Wildman–Crippen LogP) is 1.29. The fourth-order valence-corrected chi connectivity index (χ4v) is 1.15. The summed E-state index contributed by atoms with van der Waals surface area (Å²) in [7, 11) is 0. The molecule has 1 unspecified atom stereocenters. The molecule has 0 aromatic carbocycles. The summed E-state index contributed by atoms with van der Waals surface area (Å²) >= 11 is 0. The van der Waals surface area contributed by atoms with E-state index in [-0.39, 0.29) is 6.04 Å². The van der Waals surface area contributed by atoms with Gasteiger partial charge in [0.25, 0.3) is 0 Å². The minimum atomic E-state index is 0.130. The molecule has 0 fully saturated rings. The standard InChI is InChI=1S/C11H15N3/c1-4-10(5-2)13-8-11-6-7-12-9(3)14-11/h1,6-7,10,13H,5,8H2,2-3H3. The van der Waals surface area contributed by atoms with Crippen LogP contribution in [0.5, 0.6) is 0 Å². The highest BCUT2D eigenvalue weighted by atomic mass is 14.9. The zero-order chi connectivity index (χ0) is 10.4. The molecule has 0 saturated heterocycles. The van der Waals surface area contributed by atoms with Gasteiger partial charge in [0.1, 0.15) is 5.82 Å². The Hall–Kier alpha value is -1.40. The lowest BCUT2D eigenvalue weighted by molar-refractivity contribution is 0.584. The van der Waals surface area contributed by atoms with Gasteiger partial charge >= 0.3 is 0 Å². The number of nitrogens with one attached hydrogen (secondary N) is 1. The van der Waals surface area contributed by atoms with Crippen LogP contribution in [0.3, 0.4) is 0 Å². The Morgan fingerprint density at radius 2 is 2.43 bits per heavy atom. The van der Waals surface area contributed by atoms with Gasteiger partial charge in [-0.1, -0.05) is 12.8 Å². The summed E-state index contributed by atoms with van der Waals surface area (Å²) in [6.07, 6.45) is 8.02. The second-order valence-electron chi connectivity index (χ2n) is 3.10. The Bertz CT molecular complexity index is 328. The first kappa shape index (κ1) is 10.7. The van der Waals surface area contributed by atoms with Gasteiger partial charge < -0.3 is 0 Å². The second kappa shape index (κ2) is 5.36. The van der Waals surface area contributed by atoms with Crippen LogP contribution < -0.4 is 5.32 Å². The number of hydrogen-bond donors (Lipinski definition) is 1. The number of aromatic nitrogens is 2. The number of nitrogens with zero attached hydrogens (tertiary/aromatic N) is 2. The van der Waals surface area contributed by atoms with E-state index in [0.29, 0.717) is 6.54 Å². The lowest BCUT2D eigenvalue weighted by Crippen LogP contribution is -2.26. The van der Waals surface area contributed by atoms with Crippen LogP contribution in [0.15, 0.2) is 12.3 Å². The summed E-state index contributed by atoms with van der Waals surface area (Å²) < 4.78 is 0. The van der Waals surface area contributed by atoms with Crippen LogP contribution in [0.1, 0.15) is 24.9 Å². The molecule has 0 amide bonds. The van der Waals surface area contributed by atoms with E-state index >= 15 is 0 Å². The maximum atomic E-state index is 5.33. The van der Waals surface area contributed by atoms with Gasteiger partial charge in [-0.3, -0.25) is 5.32 Å². The molecular formula is C11H15N3. The van der Waals surface area contributed by atoms with E-state index in [4.69, 9.17) is 6.42 Å². The molecule has 0 radical (unpaired) electrons. The third kappa shape index (κ3) is 3.15. The lowest BCUT2D eigenvalue weighted by Gasteiger charge is -2.09. The van der Waals surface area contributed by atoms with Crippen molar-refractivity contribution < 1.29 is 0 Å². The first-order valence-corrected chi connectivity index (χ1v) is 4.74. The predicted molar refractivity (Wildman–Crippen MR) is 56.5 cm³/mol. The highest BCUT2D eigenvalue weighted by Gasteiger charge is 2.01. The average molecular weight is 189 g/mol. The van der Waals surface area contributed by atoms with Crippen molar-refractivity contribution in [3.05, 3.63) is 23.8 Å². The van der Waals surface area contributed by atoms with Gasteiger partial charge in [0, 0.05) is 12.7 Å². The Balaban J connectivity index is 2.50. The van der Waals surface area contributed by atoms with Gasteiger partial charge in [0.15, 0.2) is 0 Å². The maximum absolute atomic E-state index is 5.33. The Kier molecular flexibility index (Phi) is 4.09. The van der Waals surface area contributed by atoms with Crippen molar-refractivity contribution in [2.75, 3.05) is 0 Å². The van der Waals surface area contributed by atoms with Crippen LogP contribution in [0, 0.1) is 19.3 Å². The molecular weight excluding hydrogens is 174 g/mol. The molecule has 0 saturated carbocycles. The van der Waals surface area contributed by atoms with Crippen molar-refractivity contribution in [2.24, 2.45) is 0 Å². The number of aryl methyl sites for hydroxylation is 1. The molecule has 14 heavy (non-hydrogen) atoms. The number of terminal acetylenes is 1. The minimum Gasteiger partial charge on any atom is -0.298 e. The monoisotopic (exact) mass is 189 g/mol. The Morgan fingerprint density at radius 3 is 3.00 bits per heavy atom. The van der Waals surface area contributed by atoms with E-state index in [0.717, 1.165) is 17.9 Å². The zero-order valence-corrected chi connectivity index (χ0v) is 8.62. The molecule has 0 aliphatic rings. The largest absolute Gasteiger partial charge is 0.298 e. The molecule has 1 rings (SSSR count). The molecule has 1 N–H and O–H groups in total. The van der Waals surface area contributed by atoms with E-state index in [1.807, 2.05) is 13.0 Å². The molecule has 74 valence electrons. The van der Waals surface area contributed by atoms with Crippen molar-refractivity contribution in [2.45, 2.75) is 32.9 Å². The average Bonchev–Trinajstić information content (AvgIpc) is 2.19. The maximum Gasteiger partial charge on any atom is 0.125 e. The zero-order valence-electron chi connectivity index (χ0n) is 8.62. The summed E-state index contributed by atoms with van der Waals surface area (Å²) in [5.41, 5.74) is 0.978. The Labute approximate surface area is 85.0 Å². The van der Waals surface area contributed by atoms with Crippen LogP contribution >= 0.6 is 0 Å². The third-order valence-electron chi connectivity index (χ3n) is 1.97. The number of hydrogen-bond acceptors (Lipinski definition) is 3. The summed E-state index contributed by atoms with van der Waals surface area (Å²) in [5.74, 6) is 3.47. The quantitative estimate of drug-likeness (QED) is 0.725. The first-order valence-electron chi connectivity index (χ1n) is 4.74. The second-order valence-corrected chi connectivity index (χ2v) is 3.10. The molecule has 3 heteroatoms. The van der Waals surface area contributed by atoms with E-state index < -0.39 is 0 Å². The first-order chi connectivity index (χ1) is 6.76. The van der Waals surface area contributed by atoms with Gasteiger partial charge in [-0.05, 0) is 19.4 Å². The van der Waals surface area contributed by atoms with Gasteiger partial charge in [-0.2, -0.15) is 0 Å². The fraction of sp³-hybridized carbons (Fsp3) is 0.455. The van der Waals surface area contributed by atoms with Crippen LogP contribution in [-0.4, -0.2) is 16.0 Å². The molecule has 0 aliphatic heterocycles.